The van der Waals surface area contributed by atoms with E-state index in [1.54, 1.807) is 11.3 Å². The minimum atomic E-state index is 0.551. The van der Waals surface area contributed by atoms with Crippen LogP contribution < -0.4 is 4.90 Å². The van der Waals surface area contributed by atoms with Gasteiger partial charge in [0.2, 0.25) is 0 Å². The fraction of sp³-hybridized carbons (Fsp3) is 0.471. The van der Waals surface area contributed by atoms with Crippen molar-refractivity contribution in [2.75, 3.05) is 18.0 Å². The number of rotatable bonds is 3. The number of pyridine rings is 1. The van der Waals surface area contributed by atoms with Crippen LogP contribution >= 0.6 is 11.3 Å². The highest BCUT2D eigenvalue weighted by molar-refractivity contribution is 7.17. The highest BCUT2D eigenvalue weighted by atomic mass is 32.1. The van der Waals surface area contributed by atoms with Crippen molar-refractivity contribution < 1.29 is 0 Å². The van der Waals surface area contributed by atoms with Crippen molar-refractivity contribution in [2.24, 2.45) is 0 Å². The molecule has 2 aliphatic rings. The van der Waals surface area contributed by atoms with Crippen LogP contribution in [0.25, 0.3) is 10.2 Å². The quantitative estimate of drug-likeness (QED) is 0.738. The van der Waals surface area contributed by atoms with E-state index in [0.29, 0.717) is 12.0 Å². The molecular weight excluding hydrogens is 306 g/mol. The van der Waals surface area contributed by atoms with E-state index in [1.165, 1.54) is 29.1 Å². The Bertz CT molecular complexity index is 826. The van der Waals surface area contributed by atoms with Crippen LogP contribution in [0.4, 0.5) is 5.69 Å². The van der Waals surface area contributed by atoms with Crippen molar-refractivity contribution in [3.8, 4) is 0 Å². The SMILES string of the molecule is c1cc(N2CCC(c3nncn3C3CC3)CC2)c2sccc2n1. The zero-order valence-corrected chi connectivity index (χ0v) is 13.7. The molecule has 3 aromatic rings. The lowest BCUT2D eigenvalue weighted by Gasteiger charge is -2.33. The molecule has 0 N–H and O–H groups in total. The Balaban J connectivity index is 1.36. The first-order valence-corrected chi connectivity index (χ1v) is 9.24. The summed E-state index contributed by atoms with van der Waals surface area (Å²) in [5.74, 6) is 1.76. The van der Waals surface area contributed by atoms with E-state index < -0.39 is 0 Å². The molecule has 0 aromatic carbocycles. The average molecular weight is 325 g/mol. The summed E-state index contributed by atoms with van der Waals surface area (Å²) < 4.78 is 3.64. The lowest BCUT2D eigenvalue weighted by atomic mass is 9.95. The predicted molar refractivity (Wildman–Crippen MR) is 92.1 cm³/mol. The third kappa shape index (κ3) is 2.32. The second kappa shape index (κ2) is 5.30. The molecule has 23 heavy (non-hydrogen) atoms. The van der Waals surface area contributed by atoms with E-state index in [2.05, 4.69) is 42.2 Å². The van der Waals surface area contributed by atoms with Gasteiger partial charge in [-0.05, 0) is 43.2 Å². The topological polar surface area (TPSA) is 46.8 Å². The van der Waals surface area contributed by atoms with Crippen molar-refractivity contribution >= 4 is 27.2 Å². The van der Waals surface area contributed by atoms with Crippen LogP contribution in [0.3, 0.4) is 0 Å². The summed E-state index contributed by atoms with van der Waals surface area (Å²) in [5.41, 5.74) is 2.45. The van der Waals surface area contributed by atoms with Crippen molar-refractivity contribution in [2.45, 2.75) is 37.6 Å². The number of aromatic nitrogens is 4. The van der Waals surface area contributed by atoms with Crippen molar-refractivity contribution in [3.63, 3.8) is 0 Å². The van der Waals surface area contributed by atoms with Gasteiger partial charge in [-0.25, -0.2) is 0 Å². The summed E-state index contributed by atoms with van der Waals surface area (Å²) in [6.45, 7) is 2.17. The van der Waals surface area contributed by atoms with Crippen LogP contribution in [-0.2, 0) is 0 Å². The molecule has 2 fully saturated rings. The number of anilines is 1. The minimum absolute atomic E-state index is 0.551. The Kier molecular flexibility index (Phi) is 3.11. The van der Waals surface area contributed by atoms with Gasteiger partial charge >= 0.3 is 0 Å². The Morgan fingerprint density at radius 2 is 1.96 bits per heavy atom. The molecule has 1 aliphatic carbocycles. The zero-order valence-electron chi connectivity index (χ0n) is 12.9. The van der Waals surface area contributed by atoms with Crippen LogP contribution in [-0.4, -0.2) is 32.8 Å². The van der Waals surface area contributed by atoms with E-state index in [-0.39, 0.29) is 0 Å². The lowest BCUT2D eigenvalue weighted by Crippen LogP contribution is -2.33. The van der Waals surface area contributed by atoms with Crippen molar-refractivity contribution in [1.82, 2.24) is 19.7 Å². The number of nitrogens with zero attached hydrogens (tertiary/aromatic N) is 5. The van der Waals surface area contributed by atoms with Crippen molar-refractivity contribution in [1.29, 1.82) is 0 Å². The molecule has 118 valence electrons. The van der Waals surface area contributed by atoms with E-state index >= 15 is 0 Å². The fourth-order valence-electron chi connectivity index (χ4n) is 3.67. The maximum atomic E-state index is 4.45. The number of thiophene rings is 1. The fourth-order valence-corrected chi connectivity index (χ4v) is 4.56. The smallest absolute Gasteiger partial charge is 0.136 e. The minimum Gasteiger partial charge on any atom is -0.370 e. The Labute approximate surface area is 139 Å². The molecule has 1 saturated heterocycles. The standard InChI is InChI=1S/C17H19N5S/c1-2-13(1)22-11-19-20-17(22)12-4-8-21(9-5-12)15-3-7-18-14-6-10-23-16(14)15/h3,6-7,10-13H,1-2,4-5,8-9H2. The molecule has 0 atom stereocenters. The third-order valence-corrected chi connectivity index (χ3v) is 5.99. The molecular formula is C17H19N5S. The molecule has 3 aromatic heterocycles. The molecule has 5 nitrogen and oxygen atoms in total. The molecule has 0 amide bonds. The molecule has 4 heterocycles. The largest absolute Gasteiger partial charge is 0.370 e. The lowest BCUT2D eigenvalue weighted by molar-refractivity contribution is 0.466. The molecule has 1 aliphatic heterocycles. The van der Waals surface area contributed by atoms with Crippen LogP contribution in [0.1, 0.15) is 43.5 Å². The van der Waals surface area contributed by atoms with Gasteiger partial charge in [-0.1, -0.05) is 0 Å². The molecule has 6 heteroatoms. The predicted octanol–water partition coefficient (Wildman–Crippen LogP) is 3.61. The average Bonchev–Trinajstić information content (AvgIpc) is 3.12. The number of hydrogen-bond donors (Lipinski definition) is 0. The normalized spacial score (nSPS) is 19.6. The second-order valence-corrected chi connectivity index (χ2v) is 7.47. The third-order valence-electron chi connectivity index (χ3n) is 5.06. The van der Waals surface area contributed by atoms with Gasteiger partial charge in [-0.15, -0.1) is 21.5 Å². The number of piperidine rings is 1. The molecule has 0 bridgehead atoms. The van der Waals surface area contributed by atoms with Gasteiger partial charge in [-0.2, -0.15) is 0 Å². The number of hydrogen-bond acceptors (Lipinski definition) is 5. The van der Waals surface area contributed by atoms with Gasteiger partial charge in [0.15, 0.2) is 0 Å². The van der Waals surface area contributed by atoms with Gasteiger partial charge in [0.1, 0.15) is 12.2 Å². The first-order valence-electron chi connectivity index (χ1n) is 8.37. The molecule has 0 radical (unpaired) electrons. The van der Waals surface area contributed by atoms with Gasteiger partial charge in [0.05, 0.1) is 15.9 Å². The molecule has 0 unspecified atom stereocenters. The van der Waals surface area contributed by atoms with Gasteiger partial charge < -0.3 is 9.47 Å². The summed E-state index contributed by atoms with van der Waals surface area (Å²) in [6.07, 6.45) is 8.74. The van der Waals surface area contributed by atoms with E-state index in [4.69, 9.17) is 0 Å². The van der Waals surface area contributed by atoms with Crippen LogP contribution in [0.5, 0.6) is 0 Å². The molecule has 0 spiro atoms. The van der Waals surface area contributed by atoms with Crippen LogP contribution in [0.15, 0.2) is 30.0 Å². The first-order chi connectivity index (χ1) is 11.4. The van der Waals surface area contributed by atoms with E-state index in [1.807, 2.05) is 12.5 Å². The Morgan fingerprint density at radius 3 is 2.78 bits per heavy atom. The first kappa shape index (κ1) is 13.5. The van der Waals surface area contributed by atoms with Gasteiger partial charge in [0, 0.05) is 31.2 Å². The summed E-state index contributed by atoms with van der Waals surface area (Å²) in [5, 5.41) is 10.7. The Morgan fingerprint density at radius 1 is 1.09 bits per heavy atom. The van der Waals surface area contributed by atoms with Crippen molar-refractivity contribution in [3.05, 3.63) is 35.9 Å². The summed E-state index contributed by atoms with van der Waals surface area (Å²) in [4.78, 5) is 6.96. The highest BCUT2D eigenvalue weighted by Crippen LogP contribution is 2.39. The van der Waals surface area contributed by atoms with Gasteiger partial charge in [-0.3, -0.25) is 4.98 Å². The maximum Gasteiger partial charge on any atom is 0.136 e. The monoisotopic (exact) mass is 325 g/mol. The summed E-state index contributed by atoms with van der Waals surface area (Å²) in [7, 11) is 0. The van der Waals surface area contributed by atoms with Gasteiger partial charge in [0.25, 0.3) is 0 Å². The molecule has 1 saturated carbocycles. The summed E-state index contributed by atoms with van der Waals surface area (Å²) >= 11 is 1.79. The van der Waals surface area contributed by atoms with Crippen LogP contribution in [0.2, 0.25) is 0 Å². The zero-order chi connectivity index (χ0) is 15.2. The second-order valence-electron chi connectivity index (χ2n) is 6.55. The molecule has 5 rings (SSSR count). The number of fused-ring (bicyclic) bond motifs is 1. The summed E-state index contributed by atoms with van der Waals surface area (Å²) in [6, 6.07) is 4.93. The van der Waals surface area contributed by atoms with E-state index in [0.717, 1.165) is 31.4 Å². The highest BCUT2D eigenvalue weighted by Gasteiger charge is 2.31. The van der Waals surface area contributed by atoms with Crippen LogP contribution in [0, 0.1) is 0 Å². The Hall–Kier alpha value is -1.95. The van der Waals surface area contributed by atoms with E-state index in [9.17, 15) is 0 Å². The maximum absolute atomic E-state index is 4.45.